The molecular formula is C16H27NO4. The fraction of sp³-hybridized carbons (Fsp3) is 0.812. The van der Waals surface area contributed by atoms with E-state index in [1.807, 2.05) is 34.6 Å². The van der Waals surface area contributed by atoms with Gasteiger partial charge in [0.05, 0.1) is 6.42 Å². The van der Waals surface area contributed by atoms with Crippen LogP contribution in [0.15, 0.2) is 0 Å². The van der Waals surface area contributed by atoms with Gasteiger partial charge in [0, 0.05) is 19.0 Å². The number of piperidine rings is 1. The Hall–Kier alpha value is -1.39. The summed E-state index contributed by atoms with van der Waals surface area (Å²) in [5, 5.41) is 0. The molecular weight excluding hydrogens is 270 g/mol. The second kappa shape index (κ2) is 6.16. The highest BCUT2D eigenvalue weighted by atomic mass is 16.6. The highest BCUT2D eigenvalue weighted by molar-refractivity contribution is 5.99. The zero-order chi connectivity index (χ0) is 16.4. The third-order valence-electron chi connectivity index (χ3n) is 3.84. The first-order valence-electron chi connectivity index (χ1n) is 7.42. The number of ketones is 2. The molecule has 120 valence electrons. The van der Waals surface area contributed by atoms with E-state index < -0.39 is 11.7 Å². The summed E-state index contributed by atoms with van der Waals surface area (Å²) < 4.78 is 5.36. The fourth-order valence-corrected chi connectivity index (χ4v) is 2.55. The SMILES string of the molecule is CC(=O)CC(=O)C1CN(C(=O)OC(C)(C)C)CCC1(C)C. The summed E-state index contributed by atoms with van der Waals surface area (Å²) in [5.41, 5.74) is -0.756. The van der Waals surface area contributed by atoms with Gasteiger partial charge in [-0.05, 0) is 39.5 Å². The molecule has 1 rings (SSSR count). The van der Waals surface area contributed by atoms with Crippen LogP contribution in [0.5, 0.6) is 0 Å². The van der Waals surface area contributed by atoms with E-state index in [2.05, 4.69) is 0 Å². The third-order valence-corrected chi connectivity index (χ3v) is 3.84. The third kappa shape index (κ3) is 5.14. The van der Waals surface area contributed by atoms with Crippen LogP contribution in [0.3, 0.4) is 0 Å². The van der Waals surface area contributed by atoms with Gasteiger partial charge < -0.3 is 9.64 Å². The normalized spacial score (nSPS) is 21.8. The van der Waals surface area contributed by atoms with Crippen molar-refractivity contribution in [2.24, 2.45) is 11.3 Å². The van der Waals surface area contributed by atoms with Gasteiger partial charge in [0.25, 0.3) is 0 Å². The smallest absolute Gasteiger partial charge is 0.410 e. The number of nitrogens with zero attached hydrogens (tertiary/aromatic N) is 1. The summed E-state index contributed by atoms with van der Waals surface area (Å²) in [5.74, 6) is -0.534. The Morgan fingerprint density at radius 3 is 2.29 bits per heavy atom. The van der Waals surface area contributed by atoms with Gasteiger partial charge in [-0.1, -0.05) is 13.8 Å². The van der Waals surface area contributed by atoms with Crippen LogP contribution in [0.2, 0.25) is 0 Å². The quantitative estimate of drug-likeness (QED) is 0.751. The number of hydrogen-bond donors (Lipinski definition) is 0. The molecule has 1 atom stereocenters. The second-order valence-electron chi connectivity index (χ2n) is 7.56. The van der Waals surface area contributed by atoms with E-state index in [1.54, 1.807) is 4.90 Å². The van der Waals surface area contributed by atoms with Crippen molar-refractivity contribution in [3.63, 3.8) is 0 Å². The summed E-state index contributed by atoms with van der Waals surface area (Å²) >= 11 is 0. The first-order chi connectivity index (χ1) is 9.42. The number of Topliss-reactive ketones (excluding diaryl/α,β-unsaturated/α-hetero) is 2. The van der Waals surface area contributed by atoms with Gasteiger partial charge in [-0.3, -0.25) is 9.59 Å². The molecule has 0 aromatic heterocycles. The Kier molecular flexibility index (Phi) is 5.18. The average molecular weight is 297 g/mol. The minimum Gasteiger partial charge on any atom is -0.444 e. The minimum atomic E-state index is -0.553. The van der Waals surface area contributed by atoms with Gasteiger partial charge in [-0.15, -0.1) is 0 Å². The Morgan fingerprint density at radius 1 is 1.24 bits per heavy atom. The average Bonchev–Trinajstić information content (AvgIpc) is 2.24. The zero-order valence-electron chi connectivity index (χ0n) is 14.0. The maximum Gasteiger partial charge on any atom is 0.410 e. The molecule has 0 aromatic rings. The molecule has 21 heavy (non-hydrogen) atoms. The summed E-state index contributed by atoms with van der Waals surface area (Å²) in [6.07, 6.45) is 0.273. The standard InChI is InChI=1S/C16H27NO4/c1-11(18)9-13(19)12-10-17(8-7-16(12,5)6)14(20)21-15(2,3)4/h12H,7-10H2,1-6H3. The van der Waals surface area contributed by atoms with Crippen molar-refractivity contribution in [1.82, 2.24) is 4.90 Å². The van der Waals surface area contributed by atoms with Crippen LogP contribution < -0.4 is 0 Å². The van der Waals surface area contributed by atoms with E-state index in [4.69, 9.17) is 4.74 Å². The molecule has 0 N–H and O–H groups in total. The number of carbonyl (C=O) groups is 3. The largest absolute Gasteiger partial charge is 0.444 e. The lowest BCUT2D eigenvalue weighted by molar-refractivity contribution is -0.133. The molecule has 1 fully saturated rings. The van der Waals surface area contributed by atoms with E-state index in [9.17, 15) is 14.4 Å². The van der Waals surface area contributed by atoms with E-state index in [0.29, 0.717) is 13.1 Å². The minimum absolute atomic E-state index is 0.0593. The maximum absolute atomic E-state index is 12.3. The van der Waals surface area contributed by atoms with Crippen molar-refractivity contribution >= 4 is 17.7 Å². The molecule has 1 unspecified atom stereocenters. The van der Waals surface area contributed by atoms with Crippen molar-refractivity contribution in [2.75, 3.05) is 13.1 Å². The molecule has 0 spiro atoms. The molecule has 1 aliphatic heterocycles. The summed E-state index contributed by atoms with van der Waals surface area (Å²) in [4.78, 5) is 37.2. The molecule has 1 aliphatic rings. The van der Waals surface area contributed by atoms with Crippen molar-refractivity contribution in [3.05, 3.63) is 0 Å². The van der Waals surface area contributed by atoms with Crippen LogP contribution in [0.25, 0.3) is 0 Å². The van der Waals surface area contributed by atoms with Gasteiger partial charge in [-0.25, -0.2) is 4.79 Å². The predicted molar refractivity (Wildman–Crippen MR) is 80.0 cm³/mol. The summed E-state index contributed by atoms with van der Waals surface area (Å²) in [6.45, 7) is 11.8. The van der Waals surface area contributed by atoms with Crippen molar-refractivity contribution < 1.29 is 19.1 Å². The lowest BCUT2D eigenvalue weighted by atomic mass is 9.70. The Morgan fingerprint density at radius 2 is 1.81 bits per heavy atom. The summed E-state index contributed by atoms with van der Waals surface area (Å²) in [6, 6.07) is 0. The number of rotatable bonds is 3. The molecule has 0 aliphatic carbocycles. The number of carbonyl (C=O) groups excluding carboxylic acids is 3. The van der Waals surface area contributed by atoms with Crippen LogP contribution in [-0.2, 0) is 14.3 Å². The number of ether oxygens (including phenoxy) is 1. The van der Waals surface area contributed by atoms with Crippen LogP contribution in [0.1, 0.15) is 54.4 Å². The van der Waals surface area contributed by atoms with E-state index in [-0.39, 0.29) is 29.3 Å². The van der Waals surface area contributed by atoms with Gasteiger partial charge in [-0.2, -0.15) is 0 Å². The highest BCUT2D eigenvalue weighted by Crippen LogP contribution is 2.37. The number of likely N-dealkylation sites (tertiary alicyclic amines) is 1. The Balaban J connectivity index is 2.80. The Bertz CT molecular complexity index is 434. The predicted octanol–water partition coefficient (Wildman–Crippen LogP) is 2.82. The van der Waals surface area contributed by atoms with Crippen LogP contribution in [0.4, 0.5) is 4.79 Å². The summed E-state index contributed by atoms with van der Waals surface area (Å²) in [7, 11) is 0. The Labute approximate surface area is 127 Å². The number of hydrogen-bond acceptors (Lipinski definition) is 4. The van der Waals surface area contributed by atoms with Gasteiger partial charge in [0.1, 0.15) is 17.2 Å². The van der Waals surface area contributed by atoms with E-state index >= 15 is 0 Å². The van der Waals surface area contributed by atoms with Gasteiger partial charge in [0.2, 0.25) is 0 Å². The zero-order valence-corrected chi connectivity index (χ0v) is 14.0. The van der Waals surface area contributed by atoms with Crippen molar-refractivity contribution in [3.8, 4) is 0 Å². The molecule has 0 saturated carbocycles. The first kappa shape index (κ1) is 17.7. The number of amides is 1. The fourth-order valence-electron chi connectivity index (χ4n) is 2.55. The molecule has 5 heteroatoms. The van der Waals surface area contributed by atoms with Crippen LogP contribution >= 0.6 is 0 Å². The van der Waals surface area contributed by atoms with Crippen molar-refractivity contribution in [1.29, 1.82) is 0 Å². The molecule has 1 heterocycles. The molecule has 0 aromatic carbocycles. The van der Waals surface area contributed by atoms with E-state index in [0.717, 1.165) is 6.42 Å². The topological polar surface area (TPSA) is 63.7 Å². The van der Waals surface area contributed by atoms with Crippen LogP contribution in [0, 0.1) is 11.3 Å². The molecule has 5 nitrogen and oxygen atoms in total. The molecule has 0 radical (unpaired) electrons. The molecule has 1 saturated heterocycles. The lowest BCUT2D eigenvalue weighted by Crippen LogP contribution is -2.51. The maximum atomic E-state index is 12.3. The van der Waals surface area contributed by atoms with Gasteiger partial charge >= 0.3 is 6.09 Å². The van der Waals surface area contributed by atoms with E-state index in [1.165, 1.54) is 6.92 Å². The van der Waals surface area contributed by atoms with Crippen LogP contribution in [-0.4, -0.2) is 41.3 Å². The molecule has 1 amide bonds. The van der Waals surface area contributed by atoms with Gasteiger partial charge in [0.15, 0.2) is 0 Å². The second-order valence-corrected chi connectivity index (χ2v) is 7.56. The first-order valence-corrected chi connectivity index (χ1v) is 7.42. The molecule has 0 bridgehead atoms. The lowest BCUT2D eigenvalue weighted by Gasteiger charge is -2.43. The highest BCUT2D eigenvalue weighted by Gasteiger charge is 2.42. The monoisotopic (exact) mass is 297 g/mol. The van der Waals surface area contributed by atoms with Crippen molar-refractivity contribution in [2.45, 2.75) is 60.0 Å².